The lowest BCUT2D eigenvalue weighted by Crippen LogP contribution is -1.88. The van der Waals surface area contributed by atoms with E-state index in [0.29, 0.717) is 0 Å². The maximum Gasteiger partial charge on any atom is 0.203 e. The number of rotatable bonds is 1. The summed E-state index contributed by atoms with van der Waals surface area (Å²) in [5.74, 6) is -1.98. The molecule has 1 N–H and O–H groups in total. The van der Waals surface area contributed by atoms with Crippen molar-refractivity contribution in [2.24, 2.45) is 0 Å². The molecule has 0 fully saturated rings. The summed E-state index contributed by atoms with van der Waals surface area (Å²) < 4.78 is 24.5. The van der Waals surface area contributed by atoms with Gasteiger partial charge in [-0.3, -0.25) is 0 Å². The zero-order valence-corrected chi connectivity index (χ0v) is 4.84. The van der Waals surface area contributed by atoms with E-state index in [1.807, 2.05) is 0 Å². The molecule has 0 aliphatic rings. The summed E-state index contributed by atoms with van der Waals surface area (Å²) >= 11 is 0. The van der Waals surface area contributed by atoms with Gasteiger partial charge in [0, 0.05) is 6.07 Å². The van der Waals surface area contributed by atoms with Gasteiger partial charge in [-0.05, 0) is 12.1 Å². The average Bonchev–Trinajstić information content (AvgIpc) is 1.94. The van der Waals surface area contributed by atoms with Crippen molar-refractivity contribution in [2.75, 3.05) is 0 Å². The lowest BCUT2D eigenvalue weighted by molar-refractivity contribution is -0.140. The number of halogens is 2. The molecule has 0 spiro atoms. The van der Waals surface area contributed by atoms with Gasteiger partial charge in [-0.15, -0.1) is 0 Å². The van der Waals surface area contributed by atoms with Crippen LogP contribution in [0.25, 0.3) is 0 Å². The van der Waals surface area contributed by atoms with E-state index in [4.69, 9.17) is 5.26 Å². The van der Waals surface area contributed by atoms with Gasteiger partial charge in [0.25, 0.3) is 0 Å². The van der Waals surface area contributed by atoms with Gasteiger partial charge >= 0.3 is 0 Å². The van der Waals surface area contributed by atoms with E-state index < -0.39 is 17.4 Å². The van der Waals surface area contributed by atoms with Crippen molar-refractivity contribution in [3.63, 3.8) is 0 Å². The molecule has 0 aliphatic carbocycles. The predicted octanol–water partition coefficient (Wildman–Crippen LogP) is 1.82. The maximum atomic E-state index is 12.3. The molecule has 0 saturated carbocycles. The number of benzene rings is 1. The fourth-order valence-electron chi connectivity index (χ4n) is 0.547. The normalized spacial score (nSPS) is 9.50. The Morgan fingerprint density at radius 1 is 1.30 bits per heavy atom. The molecule has 0 heterocycles. The molecule has 0 bridgehead atoms. The van der Waals surface area contributed by atoms with Gasteiger partial charge in [0.1, 0.15) is 5.82 Å². The van der Waals surface area contributed by atoms with Gasteiger partial charge in [-0.25, -0.2) is 14.0 Å². The van der Waals surface area contributed by atoms with Crippen LogP contribution in [0.15, 0.2) is 18.2 Å². The minimum absolute atomic E-state index is 0.514. The summed E-state index contributed by atoms with van der Waals surface area (Å²) in [6.07, 6.45) is 0. The van der Waals surface area contributed by atoms with E-state index in [0.717, 1.165) is 18.2 Å². The van der Waals surface area contributed by atoms with Crippen LogP contribution in [0.5, 0.6) is 5.75 Å². The van der Waals surface area contributed by atoms with E-state index in [-0.39, 0.29) is 0 Å². The van der Waals surface area contributed by atoms with E-state index >= 15 is 0 Å². The van der Waals surface area contributed by atoms with Gasteiger partial charge in [-0.2, -0.15) is 0 Å². The minimum atomic E-state index is -0.802. The molecule has 0 aliphatic heterocycles. The molecule has 1 aromatic carbocycles. The monoisotopic (exact) mass is 146 g/mol. The SMILES string of the molecule is OOc1cc(F)ccc1F. The molecular formula is C6H4F2O2. The van der Waals surface area contributed by atoms with Gasteiger partial charge in [0.05, 0.1) is 0 Å². The largest absolute Gasteiger partial charge is 0.337 e. The van der Waals surface area contributed by atoms with E-state index in [9.17, 15) is 8.78 Å². The fourth-order valence-corrected chi connectivity index (χ4v) is 0.547. The second kappa shape index (κ2) is 2.62. The summed E-state index contributed by atoms with van der Waals surface area (Å²) in [6, 6.07) is 2.54. The maximum absolute atomic E-state index is 12.3. The first-order valence-corrected chi connectivity index (χ1v) is 2.50. The van der Waals surface area contributed by atoms with Crippen molar-refractivity contribution in [3.05, 3.63) is 29.8 Å². The quantitative estimate of drug-likeness (QED) is 0.483. The molecule has 0 atom stereocenters. The highest BCUT2D eigenvalue weighted by molar-refractivity contribution is 5.23. The zero-order chi connectivity index (χ0) is 7.56. The van der Waals surface area contributed by atoms with Crippen molar-refractivity contribution in [2.45, 2.75) is 0 Å². The molecule has 0 unspecified atom stereocenters. The van der Waals surface area contributed by atoms with Gasteiger partial charge < -0.3 is 4.89 Å². The Morgan fingerprint density at radius 2 is 2.00 bits per heavy atom. The van der Waals surface area contributed by atoms with Crippen molar-refractivity contribution < 1.29 is 18.9 Å². The summed E-state index contributed by atoms with van der Waals surface area (Å²) in [6.45, 7) is 0. The summed E-state index contributed by atoms with van der Waals surface area (Å²) in [5.41, 5.74) is 0. The predicted molar refractivity (Wildman–Crippen MR) is 29.6 cm³/mol. The van der Waals surface area contributed by atoms with Crippen LogP contribution in [0, 0.1) is 11.6 Å². The Hall–Kier alpha value is -1.16. The molecular weight excluding hydrogens is 142 g/mol. The Bertz CT molecular complexity index is 237. The average molecular weight is 146 g/mol. The first-order valence-electron chi connectivity index (χ1n) is 2.50. The molecule has 10 heavy (non-hydrogen) atoms. The number of hydrogen-bond acceptors (Lipinski definition) is 2. The Kier molecular flexibility index (Phi) is 1.82. The second-order valence-electron chi connectivity index (χ2n) is 1.67. The first-order chi connectivity index (χ1) is 4.74. The highest BCUT2D eigenvalue weighted by atomic mass is 19.1. The van der Waals surface area contributed by atoms with Crippen molar-refractivity contribution in [1.82, 2.24) is 0 Å². The standard InChI is InChI=1S/C6H4F2O2/c7-4-1-2-5(8)6(3-4)10-9/h1-3,9H. The molecule has 0 amide bonds. The topological polar surface area (TPSA) is 29.5 Å². The highest BCUT2D eigenvalue weighted by Crippen LogP contribution is 2.16. The molecule has 4 heteroatoms. The molecule has 0 aromatic heterocycles. The third kappa shape index (κ3) is 1.22. The zero-order valence-electron chi connectivity index (χ0n) is 4.84. The van der Waals surface area contributed by atoms with E-state index in [2.05, 4.69) is 4.89 Å². The van der Waals surface area contributed by atoms with Crippen LogP contribution in [-0.4, -0.2) is 5.26 Å². The highest BCUT2D eigenvalue weighted by Gasteiger charge is 2.03. The van der Waals surface area contributed by atoms with E-state index in [1.54, 1.807) is 0 Å². The van der Waals surface area contributed by atoms with Crippen LogP contribution in [0.4, 0.5) is 8.78 Å². The summed E-state index contributed by atoms with van der Waals surface area (Å²) in [5, 5.41) is 7.94. The molecule has 54 valence electrons. The molecule has 1 rings (SSSR count). The third-order valence-electron chi connectivity index (χ3n) is 0.992. The molecule has 0 radical (unpaired) electrons. The molecule has 0 saturated heterocycles. The van der Waals surface area contributed by atoms with Crippen molar-refractivity contribution in [3.8, 4) is 5.75 Å². The Morgan fingerprint density at radius 3 is 2.50 bits per heavy atom. The lowest BCUT2D eigenvalue weighted by Gasteiger charge is -1.96. The molecule has 2 nitrogen and oxygen atoms in total. The van der Waals surface area contributed by atoms with Crippen LogP contribution in [0.3, 0.4) is 0 Å². The van der Waals surface area contributed by atoms with Crippen LogP contribution in [0.1, 0.15) is 0 Å². The Labute approximate surface area is 55.6 Å². The van der Waals surface area contributed by atoms with Crippen LogP contribution in [-0.2, 0) is 0 Å². The van der Waals surface area contributed by atoms with Crippen LogP contribution in [0.2, 0.25) is 0 Å². The van der Waals surface area contributed by atoms with Gasteiger partial charge in [0.15, 0.2) is 5.82 Å². The van der Waals surface area contributed by atoms with Gasteiger partial charge in [0.2, 0.25) is 5.75 Å². The van der Waals surface area contributed by atoms with Crippen molar-refractivity contribution >= 4 is 0 Å². The Balaban J connectivity index is 3.09. The third-order valence-corrected chi connectivity index (χ3v) is 0.992. The minimum Gasteiger partial charge on any atom is -0.337 e. The van der Waals surface area contributed by atoms with Crippen LogP contribution >= 0.6 is 0 Å². The second-order valence-corrected chi connectivity index (χ2v) is 1.67. The number of hydrogen-bond donors (Lipinski definition) is 1. The smallest absolute Gasteiger partial charge is 0.203 e. The van der Waals surface area contributed by atoms with Crippen LogP contribution < -0.4 is 4.89 Å². The van der Waals surface area contributed by atoms with E-state index in [1.165, 1.54) is 0 Å². The van der Waals surface area contributed by atoms with Gasteiger partial charge in [-0.1, -0.05) is 0 Å². The fraction of sp³-hybridized carbons (Fsp3) is 0. The summed E-state index contributed by atoms with van der Waals surface area (Å²) in [7, 11) is 0. The molecule has 1 aromatic rings. The first kappa shape index (κ1) is 6.95. The van der Waals surface area contributed by atoms with Crippen molar-refractivity contribution in [1.29, 1.82) is 0 Å². The summed E-state index contributed by atoms with van der Waals surface area (Å²) in [4.78, 5) is 3.51. The lowest BCUT2D eigenvalue weighted by atomic mass is 10.3.